The normalized spacial score (nSPS) is 18.6. The molecule has 0 saturated carbocycles. The Balaban J connectivity index is 1.68. The fourth-order valence-corrected chi connectivity index (χ4v) is 5.11. The molecule has 0 radical (unpaired) electrons. The number of pyridine rings is 1. The molecular weight excluding hydrogens is 560 g/mol. The molecule has 3 N–H and O–H groups in total. The van der Waals surface area contributed by atoms with Crippen molar-refractivity contribution in [1.29, 1.82) is 0 Å². The molecule has 1 fully saturated rings. The van der Waals surface area contributed by atoms with Gasteiger partial charge in [0.05, 0.1) is 17.3 Å². The van der Waals surface area contributed by atoms with Gasteiger partial charge in [-0.3, -0.25) is 24.2 Å². The van der Waals surface area contributed by atoms with Gasteiger partial charge in [0.1, 0.15) is 24.0 Å². The SMILES string of the molecule is CCC(C(=O)NC(C(=O)N1CCCC(C(=O)OC(C)c2ccc3ccc(C=CC(C)(C)C(C)=O)cc3n2)N1)C(C)O)C(C)C. The number of nitrogens with one attached hydrogen (secondary N) is 2. The van der Waals surface area contributed by atoms with Gasteiger partial charge in [-0.25, -0.2) is 10.4 Å². The van der Waals surface area contributed by atoms with Crippen molar-refractivity contribution >= 4 is 40.5 Å². The van der Waals surface area contributed by atoms with Gasteiger partial charge in [0, 0.05) is 23.3 Å². The maximum atomic E-state index is 13.4. The largest absolute Gasteiger partial charge is 0.455 e. The number of aliphatic hydroxyl groups excluding tert-OH is 1. The first-order valence-corrected chi connectivity index (χ1v) is 15.5. The van der Waals surface area contributed by atoms with Gasteiger partial charge >= 0.3 is 5.97 Å². The summed E-state index contributed by atoms with van der Waals surface area (Å²) >= 11 is 0. The highest BCUT2D eigenvalue weighted by atomic mass is 16.5. The fourth-order valence-electron chi connectivity index (χ4n) is 5.11. The number of amides is 2. The summed E-state index contributed by atoms with van der Waals surface area (Å²) in [5.74, 6) is -1.44. The second kappa shape index (κ2) is 14.9. The molecule has 240 valence electrons. The molecule has 5 unspecified atom stereocenters. The molecular formula is C34H48N4O6. The van der Waals surface area contributed by atoms with Gasteiger partial charge in [0.25, 0.3) is 5.91 Å². The Morgan fingerprint density at radius 1 is 1.16 bits per heavy atom. The second-order valence-electron chi connectivity index (χ2n) is 12.7. The lowest BCUT2D eigenvalue weighted by atomic mass is 9.88. The third kappa shape index (κ3) is 8.72. The van der Waals surface area contributed by atoms with Gasteiger partial charge in [-0.1, -0.05) is 51.1 Å². The van der Waals surface area contributed by atoms with Crippen LogP contribution in [-0.2, 0) is 23.9 Å². The van der Waals surface area contributed by atoms with Crippen LogP contribution in [0.2, 0.25) is 0 Å². The number of benzene rings is 1. The number of hydrazine groups is 1. The van der Waals surface area contributed by atoms with Crippen molar-refractivity contribution in [2.75, 3.05) is 6.54 Å². The van der Waals surface area contributed by atoms with E-state index in [9.17, 15) is 24.3 Å². The quantitative estimate of drug-likeness (QED) is 0.299. The minimum atomic E-state index is -1.15. The summed E-state index contributed by atoms with van der Waals surface area (Å²) < 4.78 is 5.77. The average molecular weight is 609 g/mol. The summed E-state index contributed by atoms with van der Waals surface area (Å²) in [6, 6.07) is 7.65. The van der Waals surface area contributed by atoms with Crippen LogP contribution in [0.3, 0.4) is 0 Å². The van der Waals surface area contributed by atoms with Crippen LogP contribution in [0.25, 0.3) is 17.0 Å². The van der Waals surface area contributed by atoms with Crippen molar-refractivity contribution in [3.63, 3.8) is 0 Å². The average Bonchev–Trinajstić information content (AvgIpc) is 2.98. The Kier molecular flexibility index (Phi) is 11.8. The number of esters is 1. The molecule has 1 saturated heterocycles. The number of fused-ring (bicyclic) bond motifs is 1. The Morgan fingerprint density at radius 2 is 1.84 bits per heavy atom. The molecule has 1 aromatic heterocycles. The van der Waals surface area contributed by atoms with Crippen LogP contribution in [0.5, 0.6) is 0 Å². The number of ether oxygens (including phenoxy) is 1. The molecule has 0 aliphatic carbocycles. The third-order valence-electron chi connectivity index (χ3n) is 8.41. The molecule has 2 amide bonds. The maximum Gasteiger partial charge on any atom is 0.325 e. The summed E-state index contributed by atoms with van der Waals surface area (Å²) in [4.78, 5) is 56.0. The monoisotopic (exact) mass is 608 g/mol. The zero-order valence-electron chi connectivity index (χ0n) is 27.2. The van der Waals surface area contributed by atoms with Crippen LogP contribution < -0.4 is 10.7 Å². The molecule has 10 nitrogen and oxygen atoms in total. The van der Waals surface area contributed by atoms with E-state index in [1.54, 1.807) is 13.8 Å². The van der Waals surface area contributed by atoms with Crippen molar-refractivity contribution in [2.45, 2.75) is 98.9 Å². The Hall–Kier alpha value is -3.63. The molecule has 3 rings (SSSR count). The second-order valence-corrected chi connectivity index (χ2v) is 12.7. The van der Waals surface area contributed by atoms with Crippen LogP contribution in [0.4, 0.5) is 0 Å². The third-order valence-corrected chi connectivity index (χ3v) is 8.41. The van der Waals surface area contributed by atoms with E-state index in [0.717, 1.165) is 16.5 Å². The zero-order valence-corrected chi connectivity index (χ0v) is 27.2. The number of hydrogen-bond donors (Lipinski definition) is 3. The number of allylic oxidation sites excluding steroid dienone is 1. The summed E-state index contributed by atoms with van der Waals surface area (Å²) in [6.07, 6.45) is 3.62. The zero-order chi connectivity index (χ0) is 32.8. The van der Waals surface area contributed by atoms with Crippen molar-refractivity contribution < 1.29 is 29.0 Å². The van der Waals surface area contributed by atoms with Gasteiger partial charge in [0.15, 0.2) is 0 Å². The Labute approximate surface area is 260 Å². The van der Waals surface area contributed by atoms with Gasteiger partial charge in [-0.2, -0.15) is 0 Å². The molecule has 44 heavy (non-hydrogen) atoms. The van der Waals surface area contributed by atoms with E-state index in [1.807, 2.05) is 77.1 Å². The summed E-state index contributed by atoms with van der Waals surface area (Å²) in [7, 11) is 0. The van der Waals surface area contributed by atoms with Crippen LogP contribution in [0.1, 0.15) is 92.0 Å². The minimum absolute atomic E-state index is 0.0758. The molecule has 1 aliphatic rings. The van der Waals surface area contributed by atoms with Gasteiger partial charge in [-0.15, -0.1) is 0 Å². The van der Waals surface area contributed by atoms with Gasteiger partial charge in [-0.05, 0) is 77.5 Å². The smallest absolute Gasteiger partial charge is 0.325 e. The lowest BCUT2D eigenvalue weighted by Gasteiger charge is -2.36. The van der Waals surface area contributed by atoms with E-state index in [0.29, 0.717) is 31.5 Å². The molecule has 2 heterocycles. The number of hydrogen-bond acceptors (Lipinski definition) is 8. The van der Waals surface area contributed by atoms with E-state index < -0.39 is 41.6 Å². The standard InChI is InChI=1S/C34H48N4O6/c1-9-26(20(2)3)31(41)36-30(21(4)39)32(42)38-18-10-11-28(37-38)33(43)44-22(5)27-15-14-25-13-12-24(19-29(25)35-27)16-17-34(7,8)23(6)40/h12-17,19-22,26,28,30,37,39H,9-11,18H2,1-8H3,(H,36,41). The van der Waals surface area contributed by atoms with Crippen molar-refractivity contribution in [3.05, 3.63) is 47.7 Å². The van der Waals surface area contributed by atoms with E-state index in [1.165, 1.54) is 11.9 Å². The number of rotatable bonds is 12. The summed E-state index contributed by atoms with van der Waals surface area (Å²) in [6.45, 7) is 14.6. The van der Waals surface area contributed by atoms with Crippen LogP contribution >= 0.6 is 0 Å². The van der Waals surface area contributed by atoms with E-state index >= 15 is 0 Å². The van der Waals surface area contributed by atoms with Crippen LogP contribution in [-0.4, -0.2) is 63.4 Å². The number of aromatic nitrogens is 1. The topological polar surface area (TPSA) is 138 Å². The van der Waals surface area contributed by atoms with Gasteiger partial charge < -0.3 is 15.2 Å². The fraction of sp³-hybridized carbons (Fsp3) is 0.559. The molecule has 2 aromatic rings. The molecule has 1 aromatic carbocycles. The number of aliphatic hydroxyl groups is 1. The molecule has 0 spiro atoms. The highest BCUT2D eigenvalue weighted by Crippen LogP contribution is 2.24. The number of ketones is 1. The molecule has 1 aliphatic heterocycles. The van der Waals surface area contributed by atoms with Crippen LogP contribution in [0.15, 0.2) is 36.4 Å². The maximum absolute atomic E-state index is 13.4. The van der Waals surface area contributed by atoms with E-state index in [-0.39, 0.29) is 23.5 Å². The Morgan fingerprint density at radius 3 is 2.45 bits per heavy atom. The molecule has 10 heteroatoms. The first-order valence-electron chi connectivity index (χ1n) is 15.5. The summed E-state index contributed by atoms with van der Waals surface area (Å²) in [5, 5.41) is 15.3. The summed E-state index contributed by atoms with van der Waals surface area (Å²) in [5.41, 5.74) is 4.59. The van der Waals surface area contributed by atoms with Crippen molar-refractivity contribution in [1.82, 2.24) is 20.7 Å². The predicted molar refractivity (Wildman–Crippen MR) is 170 cm³/mol. The number of carbonyl (C=O) groups excluding carboxylic acids is 4. The van der Waals surface area contributed by atoms with Gasteiger partial charge in [0.2, 0.25) is 5.91 Å². The predicted octanol–water partition coefficient (Wildman–Crippen LogP) is 4.51. The first kappa shape index (κ1) is 34.9. The Bertz CT molecular complexity index is 1390. The van der Waals surface area contributed by atoms with E-state index in [2.05, 4.69) is 10.7 Å². The number of nitrogens with zero attached hydrogens (tertiary/aromatic N) is 2. The number of Topliss-reactive ketones (excluding diaryl/α,β-unsaturated/α-hetero) is 1. The molecule has 5 atom stereocenters. The van der Waals surface area contributed by atoms with Crippen molar-refractivity contribution in [3.8, 4) is 0 Å². The van der Waals surface area contributed by atoms with E-state index in [4.69, 9.17) is 9.72 Å². The number of carbonyl (C=O) groups is 4. The minimum Gasteiger partial charge on any atom is -0.455 e. The lowest BCUT2D eigenvalue weighted by Crippen LogP contribution is -2.62. The lowest BCUT2D eigenvalue weighted by molar-refractivity contribution is -0.158. The molecule has 0 bridgehead atoms. The van der Waals surface area contributed by atoms with Crippen molar-refractivity contribution in [2.24, 2.45) is 17.3 Å². The first-order chi connectivity index (χ1) is 20.6. The highest BCUT2D eigenvalue weighted by molar-refractivity contribution is 5.89. The highest BCUT2D eigenvalue weighted by Gasteiger charge is 2.36. The van der Waals surface area contributed by atoms with Crippen LogP contribution in [0, 0.1) is 17.3 Å².